The summed E-state index contributed by atoms with van der Waals surface area (Å²) in [5, 5.41) is 5.26. The van der Waals surface area contributed by atoms with Gasteiger partial charge in [0, 0.05) is 18.8 Å². The van der Waals surface area contributed by atoms with Crippen molar-refractivity contribution in [1.29, 1.82) is 0 Å². The van der Waals surface area contributed by atoms with E-state index in [1.54, 1.807) is 6.20 Å². The maximum Gasteiger partial charge on any atom is 0.323 e. The van der Waals surface area contributed by atoms with Crippen molar-refractivity contribution in [2.24, 2.45) is 5.73 Å². The van der Waals surface area contributed by atoms with Crippen LogP contribution in [0.1, 0.15) is 27.2 Å². The van der Waals surface area contributed by atoms with Crippen LogP contribution in [0.3, 0.4) is 0 Å². The van der Waals surface area contributed by atoms with Crippen LogP contribution in [-0.2, 0) is 9.53 Å². The van der Waals surface area contributed by atoms with Crippen LogP contribution in [0.2, 0.25) is 0 Å². The lowest BCUT2D eigenvalue weighted by Crippen LogP contribution is -2.53. The highest BCUT2D eigenvalue weighted by molar-refractivity contribution is 5.78. The molecule has 0 radical (unpaired) electrons. The minimum Gasteiger partial charge on any atom is -0.372 e. The van der Waals surface area contributed by atoms with E-state index >= 15 is 0 Å². The monoisotopic (exact) mass is 308 g/mol. The normalized spacial score (nSPS) is 17.5. The molecular weight excluding hydrogens is 284 g/mol. The third-order valence-electron chi connectivity index (χ3n) is 2.87. The van der Waals surface area contributed by atoms with Crippen LogP contribution in [0.25, 0.3) is 0 Å². The second kappa shape index (κ2) is 9.07. The molecule has 7 heteroatoms. The van der Waals surface area contributed by atoms with Gasteiger partial charge in [-0.3, -0.25) is 9.69 Å². The molecular formula is C15H24N4O3. The fourth-order valence-corrected chi connectivity index (χ4v) is 1.72. The maximum atomic E-state index is 11.7. The van der Waals surface area contributed by atoms with Crippen molar-refractivity contribution in [3.63, 3.8) is 0 Å². The van der Waals surface area contributed by atoms with E-state index in [0.717, 1.165) is 6.42 Å². The quantitative estimate of drug-likeness (QED) is 0.480. The molecule has 0 spiro atoms. The van der Waals surface area contributed by atoms with Gasteiger partial charge in [0.2, 0.25) is 5.91 Å². The van der Waals surface area contributed by atoms with E-state index in [9.17, 15) is 9.59 Å². The van der Waals surface area contributed by atoms with E-state index < -0.39 is 6.17 Å². The summed E-state index contributed by atoms with van der Waals surface area (Å²) in [5.74, 6) is 5.48. The number of urea groups is 1. The summed E-state index contributed by atoms with van der Waals surface area (Å²) in [7, 11) is 0. The largest absolute Gasteiger partial charge is 0.372 e. The van der Waals surface area contributed by atoms with Gasteiger partial charge in [-0.15, -0.1) is 0 Å². The van der Waals surface area contributed by atoms with Crippen molar-refractivity contribution in [2.75, 3.05) is 19.8 Å². The third kappa shape index (κ3) is 5.76. The van der Waals surface area contributed by atoms with E-state index in [2.05, 4.69) is 22.5 Å². The second-order valence-electron chi connectivity index (χ2n) is 5.14. The van der Waals surface area contributed by atoms with Crippen LogP contribution in [0.15, 0.2) is 11.8 Å². The zero-order valence-electron chi connectivity index (χ0n) is 13.3. The van der Waals surface area contributed by atoms with Gasteiger partial charge in [-0.25, -0.2) is 4.79 Å². The number of nitrogens with two attached hydrogens (primary N) is 1. The van der Waals surface area contributed by atoms with Gasteiger partial charge in [0.1, 0.15) is 12.8 Å². The van der Waals surface area contributed by atoms with Crippen molar-refractivity contribution in [3.8, 4) is 11.8 Å². The first-order chi connectivity index (χ1) is 10.5. The predicted molar refractivity (Wildman–Crippen MR) is 83.5 cm³/mol. The Bertz CT molecular complexity index is 491. The van der Waals surface area contributed by atoms with Crippen LogP contribution in [0.5, 0.6) is 0 Å². The van der Waals surface area contributed by atoms with Gasteiger partial charge in [-0.2, -0.15) is 0 Å². The molecule has 1 heterocycles. The number of hydrogen-bond acceptors (Lipinski definition) is 4. The zero-order chi connectivity index (χ0) is 16.5. The molecule has 1 aliphatic heterocycles. The number of ether oxygens (including phenoxy) is 1. The summed E-state index contributed by atoms with van der Waals surface area (Å²) in [5.41, 5.74) is 6.42. The van der Waals surface area contributed by atoms with E-state index in [-0.39, 0.29) is 31.1 Å². The van der Waals surface area contributed by atoms with Gasteiger partial charge in [-0.05, 0) is 20.3 Å². The van der Waals surface area contributed by atoms with E-state index in [1.165, 1.54) is 4.90 Å². The average Bonchev–Trinajstić information content (AvgIpc) is 2.45. The molecule has 0 aromatic carbocycles. The molecule has 1 rings (SSSR count). The molecule has 1 atom stereocenters. The van der Waals surface area contributed by atoms with Gasteiger partial charge < -0.3 is 21.1 Å². The Hall–Kier alpha value is -2.04. The second-order valence-corrected chi connectivity index (χ2v) is 5.14. The fraction of sp³-hybridized carbons (Fsp3) is 0.600. The molecule has 0 aromatic rings. The molecule has 122 valence electrons. The van der Waals surface area contributed by atoms with Crippen molar-refractivity contribution in [2.45, 2.75) is 39.4 Å². The molecule has 0 fully saturated rings. The van der Waals surface area contributed by atoms with E-state index in [4.69, 9.17) is 10.5 Å². The predicted octanol–water partition coefficient (Wildman–Crippen LogP) is 0.135. The Morgan fingerprint density at radius 3 is 2.95 bits per heavy atom. The molecule has 7 nitrogen and oxygen atoms in total. The van der Waals surface area contributed by atoms with Crippen molar-refractivity contribution >= 4 is 11.9 Å². The number of carbonyl (C=O) groups is 2. The van der Waals surface area contributed by atoms with Gasteiger partial charge in [0.25, 0.3) is 0 Å². The van der Waals surface area contributed by atoms with Gasteiger partial charge in [0.05, 0.1) is 12.1 Å². The Morgan fingerprint density at radius 2 is 2.32 bits per heavy atom. The number of amides is 3. The van der Waals surface area contributed by atoms with Gasteiger partial charge in [-0.1, -0.05) is 18.8 Å². The molecule has 0 saturated carbocycles. The van der Waals surface area contributed by atoms with Crippen LogP contribution < -0.4 is 16.4 Å². The number of carbonyl (C=O) groups excluding carboxylic acids is 2. The first-order valence-corrected chi connectivity index (χ1v) is 7.35. The van der Waals surface area contributed by atoms with Crippen LogP contribution in [-0.4, -0.2) is 48.8 Å². The maximum absolute atomic E-state index is 11.7. The summed E-state index contributed by atoms with van der Waals surface area (Å²) >= 11 is 0. The topological polar surface area (TPSA) is 96.7 Å². The highest BCUT2D eigenvalue weighted by Gasteiger charge is 2.24. The number of hydrogen-bond donors (Lipinski definition) is 3. The number of nitrogens with one attached hydrogen (secondary N) is 2. The van der Waals surface area contributed by atoms with E-state index in [1.807, 2.05) is 20.8 Å². The Morgan fingerprint density at radius 1 is 1.59 bits per heavy atom. The third-order valence-corrected chi connectivity index (χ3v) is 2.87. The summed E-state index contributed by atoms with van der Waals surface area (Å²) in [6.07, 6.45) is 1.89. The summed E-state index contributed by atoms with van der Waals surface area (Å²) in [6.45, 7) is 6.57. The number of nitrogens with zero attached hydrogens (tertiary/aromatic N) is 1. The van der Waals surface area contributed by atoms with Crippen LogP contribution in [0.4, 0.5) is 4.79 Å². The molecule has 3 amide bonds. The van der Waals surface area contributed by atoms with E-state index in [0.29, 0.717) is 12.2 Å². The molecule has 1 unspecified atom stereocenters. The summed E-state index contributed by atoms with van der Waals surface area (Å²) in [6, 6.07) is -0.228. The zero-order valence-corrected chi connectivity index (χ0v) is 13.3. The standard InChI is InChI=1S/C15H24N4O3/c1-4-8-22-10-13(20)17-7-5-6-12-9-19(11(2)3)15(21)18-14(12)16/h9,11,14H,4,7-8,10,16H2,1-3H3,(H,17,20)(H,18,21). The van der Waals surface area contributed by atoms with Crippen LogP contribution in [0, 0.1) is 11.8 Å². The van der Waals surface area contributed by atoms with Crippen molar-refractivity contribution in [1.82, 2.24) is 15.5 Å². The lowest BCUT2D eigenvalue weighted by Gasteiger charge is -2.30. The summed E-state index contributed by atoms with van der Waals surface area (Å²) < 4.78 is 5.12. The molecule has 0 bridgehead atoms. The minimum absolute atomic E-state index is 0.0136. The first kappa shape index (κ1) is 18.0. The average molecular weight is 308 g/mol. The Balaban J connectivity index is 2.50. The molecule has 4 N–H and O–H groups in total. The lowest BCUT2D eigenvalue weighted by atomic mass is 10.2. The summed E-state index contributed by atoms with van der Waals surface area (Å²) in [4.78, 5) is 24.6. The molecule has 0 saturated heterocycles. The van der Waals surface area contributed by atoms with Crippen molar-refractivity contribution < 1.29 is 14.3 Å². The molecule has 0 aliphatic carbocycles. The van der Waals surface area contributed by atoms with Crippen LogP contribution >= 0.6 is 0 Å². The molecule has 1 aliphatic rings. The number of rotatable bonds is 6. The highest BCUT2D eigenvalue weighted by Crippen LogP contribution is 2.10. The van der Waals surface area contributed by atoms with Crippen molar-refractivity contribution in [3.05, 3.63) is 11.8 Å². The molecule has 22 heavy (non-hydrogen) atoms. The first-order valence-electron chi connectivity index (χ1n) is 7.35. The Labute approximate surface area is 131 Å². The lowest BCUT2D eigenvalue weighted by molar-refractivity contribution is -0.125. The van der Waals surface area contributed by atoms with Gasteiger partial charge >= 0.3 is 6.03 Å². The molecule has 0 aromatic heterocycles. The Kier molecular flexibility index (Phi) is 7.43. The fourth-order valence-electron chi connectivity index (χ4n) is 1.72. The van der Waals surface area contributed by atoms with Gasteiger partial charge in [0.15, 0.2) is 0 Å². The SMILES string of the molecule is CCCOCC(=O)NCC#CC1=CN(C(C)C)C(=O)NC1N. The smallest absolute Gasteiger partial charge is 0.323 e. The highest BCUT2D eigenvalue weighted by atomic mass is 16.5. The minimum atomic E-state index is -0.626.